The first kappa shape index (κ1) is 11.2. The summed E-state index contributed by atoms with van der Waals surface area (Å²) in [4.78, 5) is 7.04. The highest BCUT2D eigenvalue weighted by molar-refractivity contribution is 7.13. The summed E-state index contributed by atoms with van der Waals surface area (Å²) < 4.78 is 0. The molecule has 0 aliphatic heterocycles. The van der Waals surface area contributed by atoms with Crippen molar-refractivity contribution >= 4 is 34.0 Å². The Labute approximate surface area is 110 Å². The van der Waals surface area contributed by atoms with Gasteiger partial charge >= 0.3 is 0 Å². The number of thiophene rings is 1. The zero-order chi connectivity index (χ0) is 12.4. The third-order valence-corrected chi connectivity index (χ3v) is 3.77. The Bertz CT molecular complexity index is 710. The fourth-order valence-corrected chi connectivity index (χ4v) is 2.67. The molecule has 18 heavy (non-hydrogen) atoms. The fourth-order valence-electron chi connectivity index (χ4n) is 1.92. The Morgan fingerprint density at radius 2 is 1.78 bits per heavy atom. The van der Waals surface area contributed by atoms with Crippen LogP contribution in [0.3, 0.4) is 0 Å². The number of nitrogens with zero attached hydrogens (tertiary/aromatic N) is 1. The minimum Gasteiger partial charge on any atom is -0.255 e. The van der Waals surface area contributed by atoms with Crippen LogP contribution in [0.5, 0.6) is 0 Å². The zero-order valence-corrected chi connectivity index (χ0v) is 10.9. The number of fused-ring (bicyclic) bond motifs is 1. The van der Waals surface area contributed by atoms with Gasteiger partial charge in [-0.05, 0) is 42.0 Å². The Balaban J connectivity index is 1.93. The Hall–Kier alpha value is -1.93. The molecule has 0 amide bonds. The quantitative estimate of drug-likeness (QED) is 0.571. The van der Waals surface area contributed by atoms with Crippen molar-refractivity contribution in [1.29, 1.82) is 0 Å². The molecule has 1 nitrogen and oxygen atoms in total. The summed E-state index contributed by atoms with van der Waals surface area (Å²) in [7, 11) is 0. The zero-order valence-electron chi connectivity index (χ0n) is 10.1. The third kappa shape index (κ3) is 2.34. The molecule has 0 fully saturated rings. The van der Waals surface area contributed by atoms with Gasteiger partial charge in [0.25, 0.3) is 0 Å². The van der Waals surface area contributed by atoms with Gasteiger partial charge in [0, 0.05) is 16.0 Å². The largest absolute Gasteiger partial charge is 0.255 e. The lowest BCUT2D eigenvalue weighted by atomic mass is 10.1. The van der Waals surface area contributed by atoms with Crippen molar-refractivity contribution in [3.05, 3.63) is 64.4 Å². The van der Waals surface area contributed by atoms with Gasteiger partial charge in [0.15, 0.2) is 0 Å². The Morgan fingerprint density at radius 1 is 0.944 bits per heavy atom. The lowest BCUT2D eigenvalue weighted by molar-refractivity contribution is 1.56. The predicted octanol–water partition coefficient (Wildman–Crippen LogP) is 4.96. The molecule has 2 heteroatoms. The molecule has 88 valence electrons. The molecule has 0 N–H and O–H groups in total. The second-order valence-electron chi connectivity index (χ2n) is 4.24. The molecule has 0 saturated heterocycles. The first-order chi connectivity index (χ1) is 8.81. The van der Waals surface area contributed by atoms with E-state index in [1.54, 1.807) is 11.3 Å². The summed E-state index contributed by atoms with van der Waals surface area (Å²) >= 11 is 1.76. The van der Waals surface area contributed by atoms with Crippen molar-refractivity contribution in [3.63, 3.8) is 0 Å². The van der Waals surface area contributed by atoms with Gasteiger partial charge in [0.1, 0.15) is 0 Å². The predicted molar refractivity (Wildman–Crippen MR) is 80.3 cm³/mol. The van der Waals surface area contributed by atoms with Crippen LogP contribution in [-0.4, -0.2) is 6.21 Å². The van der Waals surface area contributed by atoms with E-state index in [1.165, 1.54) is 20.5 Å². The van der Waals surface area contributed by atoms with E-state index in [9.17, 15) is 0 Å². The molecule has 0 aliphatic rings. The highest BCUT2D eigenvalue weighted by Gasteiger charge is 1.95. The van der Waals surface area contributed by atoms with Crippen LogP contribution in [0, 0.1) is 6.92 Å². The summed E-state index contributed by atoms with van der Waals surface area (Å²) in [6.07, 6.45) is 1.93. The number of rotatable bonds is 2. The van der Waals surface area contributed by atoms with Crippen molar-refractivity contribution in [1.82, 2.24) is 0 Å². The number of aryl methyl sites for hydroxylation is 1. The van der Waals surface area contributed by atoms with E-state index in [0.29, 0.717) is 0 Å². The van der Waals surface area contributed by atoms with E-state index in [0.717, 1.165) is 5.69 Å². The maximum Gasteiger partial charge on any atom is 0.0636 e. The van der Waals surface area contributed by atoms with E-state index in [2.05, 4.69) is 66.5 Å². The minimum absolute atomic E-state index is 1.000. The number of hydrogen-bond donors (Lipinski definition) is 0. The molecule has 0 atom stereocenters. The first-order valence-corrected chi connectivity index (χ1v) is 6.72. The van der Waals surface area contributed by atoms with E-state index < -0.39 is 0 Å². The molecule has 0 spiro atoms. The molecule has 1 aromatic heterocycles. The third-order valence-electron chi connectivity index (χ3n) is 2.84. The fraction of sp³-hybridized carbons (Fsp3) is 0.0625. The lowest BCUT2D eigenvalue weighted by Crippen LogP contribution is -1.74. The normalized spacial score (nSPS) is 11.4. The molecule has 0 radical (unpaired) electrons. The Kier molecular flexibility index (Phi) is 2.95. The van der Waals surface area contributed by atoms with Crippen LogP contribution < -0.4 is 0 Å². The molecule has 2 aromatic carbocycles. The topological polar surface area (TPSA) is 12.4 Å². The maximum absolute atomic E-state index is 4.53. The monoisotopic (exact) mass is 251 g/mol. The molecule has 0 aliphatic carbocycles. The van der Waals surface area contributed by atoms with Gasteiger partial charge in [-0.3, -0.25) is 4.99 Å². The average molecular weight is 251 g/mol. The summed E-state index contributed by atoms with van der Waals surface area (Å²) in [5.74, 6) is 0. The smallest absolute Gasteiger partial charge is 0.0636 e. The molecular weight excluding hydrogens is 238 g/mol. The van der Waals surface area contributed by atoms with Crippen LogP contribution in [0.1, 0.15) is 9.75 Å². The van der Waals surface area contributed by atoms with Gasteiger partial charge in [-0.25, -0.2) is 0 Å². The van der Waals surface area contributed by atoms with E-state index in [1.807, 2.05) is 6.21 Å². The SMILES string of the molecule is Cc1ccc(C=Nc2ccc3ccccc3c2)s1. The summed E-state index contributed by atoms with van der Waals surface area (Å²) in [5, 5.41) is 2.48. The molecular formula is C16H13NS. The molecule has 3 rings (SSSR count). The number of hydrogen-bond acceptors (Lipinski definition) is 2. The summed E-state index contributed by atoms with van der Waals surface area (Å²) in [6.45, 7) is 2.11. The van der Waals surface area contributed by atoms with Crippen LogP contribution in [0.4, 0.5) is 5.69 Å². The Morgan fingerprint density at radius 3 is 2.56 bits per heavy atom. The highest BCUT2D eigenvalue weighted by Crippen LogP contribution is 2.21. The number of benzene rings is 2. The van der Waals surface area contributed by atoms with Crippen LogP contribution in [0.2, 0.25) is 0 Å². The molecule has 3 aromatic rings. The summed E-state index contributed by atoms with van der Waals surface area (Å²) in [5.41, 5.74) is 1.000. The van der Waals surface area contributed by atoms with E-state index >= 15 is 0 Å². The second kappa shape index (κ2) is 4.75. The summed E-state index contributed by atoms with van der Waals surface area (Å²) in [6, 6.07) is 18.8. The first-order valence-electron chi connectivity index (χ1n) is 5.90. The van der Waals surface area contributed by atoms with Crippen molar-refractivity contribution in [2.75, 3.05) is 0 Å². The maximum atomic E-state index is 4.53. The molecule has 0 bridgehead atoms. The van der Waals surface area contributed by atoms with Gasteiger partial charge in [0.05, 0.1) is 5.69 Å². The van der Waals surface area contributed by atoms with Gasteiger partial charge in [0.2, 0.25) is 0 Å². The molecule has 0 saturated carbocycles. The standard InChI is InChI=1S/C16H13NS/c1-12-6-9-16(18-12)11-17-15-8-7-13-4-2-3-5-14(13)10-15/h2-11H,1H3. The van der Waals surface area contributed by atoms with Gasteiger partial charge < -0.3 is 0 Å². The van der Waals surface area contributed by atoms with Crippen molar-refractivity contribution < 1.29 is 0 Å². The number of aliphatic imine (C=N–C) groups is 1. The molecule has 1 heterocycles. The van der Waals surface area contributed by atoms with Gasteiger partial charge in [-0.2, -0.15) is 0 Å². The molecule has 0 unspecified atom stereocenters. The van der Waals surface area contributed by atoms with Crippen molar-refractivity contribution in [3.8, 4) is 0 Å². The van der Waals surface area contributed by atoms with Gasteiger partial charge in [-0.15, -0.1) is 11.3 Å². The van der Waals surface area contributed by atoms with Crippen LogP contribution >= 0.6 is 11.3 Å². The minimum atomic E-state index is 1.000. The lowest BCUT2D eigenvalue weighted by Gasteiger charge is -1.98. The van der Waals surface area contributed by atoms with Crippen LogP contribution in [0.25, 0.3) is 10.8 Å². The highest BCUT2D eigenvalue weighted by atomic mass is 32.1. The van der Waals surface area contributed by atoms with Crippen molar-refractivity contribution in [2.45, 2.75) is 6.92 Å². The van der Waals surface area contributed by atoms with Crippen LogP contribution in [-0.2, 0) is 0 Å². The second-order valence-corrected chi connectivity index (χ2v) is 5.56. The van der Waals surface area contributed by atoms with Crippen molar-refractivity contribution in [2.24, 2.45) is 4.99 Å². The van der Waals surface area contributed by atoms with E-state index in [4.69, 9.17) is 0 Å². The van der Waals surface area contributed by atoms with Crippen LogP contribution in [0.15, 0.2) is 59.6 Å². The van der Waals surface area contributed by atoms with E-state index in [-0.39, 0.29) is 0 Å². The van der Waals surface area contributed by atoms with Gasteiger partial charge in [-0.1, -0.05) is 30.3 Å². The average Bonchev–Trinajstić information content (AvgIpc) is 2.82.